The van der Waals surface area contributed by atoms with Crippen molar-refractivity contribution in [2.24, 2.45) is 4.99 Å². The van der Waals surface area contributed by atoms with Crippen LogP contribution in [0, 0.1) is 0 Å². The predicted molar refractivity (Wildman–Crippen MR) is 105 cm³/mol. The van der Waals surface area contributed by atoms with E-state index in [1.165, 1.54) is 11.8 Å². The van der Waals surface area contributed by atoms with E-state index < -0.39 is 0 Å². The fourth-order valence-electron chi connectivity index (χ4n) is 1.77. The monoisotopic (exact) mass is 398 g/mol. The summed E-state index contributed by atoms with van der Waals surface area (Å²) in [5.41, 5.74) is 0.911. The fourth-order valence-corrected chi connectivity index (χ4v) is 3.11. The maximum atomic E-state index is 12.4. The minimum atomic E-state index is -0.343. The Morgan fingerprint density at radius 2 is 1.83 bits per heavy atom. The second-order valence-electron chi connectivity index (χ2n) is 4.58. The van der Waals surface area contributed by atoms with Crippen LogP contribution in [-0.4, -0.2) is 16.8 Å². The van der Waals surface area contributed by atoms with E-state index in [2.05, 4.69) is 16.9 Å². The fraction of sp³-hybridized carbons (Fsp3) is 0.0588. The standard InChI is InChI=1S/C17H13Cl3N2OS/c1-2-7-24-17(21-13-9-11(18)8-12(19)10-13)22-16(23)14-5-3-4-6-15(14)20/h2-6,8-10H,1,7H2,(H,21,22,23). The third-order valence-corrected chi connectivity index (χ3v) is 4.39. The summed E-state index contributed by atoms with van der Waals surface area (Å²) in [5.74, 6) is 0.236. The smallest absolute Gasteiger partial charge is 0.258 e. The van der Waals surface area contributed by atoms with Gasteiger partial charge in [0.2, 0.25) is 0 Å². The Morgan fingerprint density at radius 1 is 1.17 bits per heavy atom. The second kappa shape index (κ2) is 9.14. The number of rotatable bonds is 4. The number of carbonyl (C=O) groups excluding carboxylic acids is 1. The minimum Gasteiger partial charge on any atom is -0.301 e. The van der Waals surface area contributed by atoms with E-state index in [-0.39, 0.29) is 5.91 Å². The molecule has 3 nitrogen and oxygen atoms in total. The lowest BCUT2D eigenvalue weighted by Gasteiger charge is -2.09. The van der Waals surface area contributed by atoms with Crippen molar-refractivity contribution in [1.29, 1.82) is 0 Å². The molecule has 0 atom stereocenters. The summed E-state index contributed by atoms with van der Waals surface area (Å²) >= 11 is 19.3. The van der Waals surface area contributed by atoms with E-state index in [4.69, 9.17) is 34.8 Å². The summed E-state index contributed by atoms with van der Waals surface area (Å²) < 4.78 is 0. The van der Waals surface area contributed by atoms with Crippen molar-refractivity contribution in [3.05, 3.63) is 75.8 Å². The van der Waals surface area contributed by atoms with Gasteiger partial charge in [0.15, 0.2) is 5.17 Å². The molecule has 24 heavy (non-hydrogen) atoms. The lowest BCUT2D eigenvalue weighted by Crippen LogP contribution is -2.28. The molecular weight excluding hydrogens is 387 g/mol. The molecule has 2 aromatic rings. The first-order valence-electron chi connectivity index (χ1n) is 6.84. The Balaban J connectivity index is 2.27. The largest absolute Gasteiger partial charge is 0.301 e. The molecule has 0 aliphatic heterocycles. The zero-order valence-electron chi connectivity index (χ0n) is 12.4. The van der Waals surface area contributed by atoms with Crippen LogP contribution in [0.4, 0.5) is 5.69 Å². The molecule has 0 aliphatic carbocycles. The van der Waals surface area contributed by atoms with Crippen molar-refractivity contribution in [3.63, 3.8) is 0 Å². The SMILES string of the molecule is C=CCSC(=Nc1cc(Cl)cc(Cl)c1)NC(=O)c1ccccc1Cl. The topological polar surface area (TPSA) is 41.5 Å². The summed E-state index contributed by atoms with van der Waals surface area (Å²) in [7, 11) is 0. The number of nitrogens with one attached hydrogen (secondary N) is 1. The normalized spacial score (nSPS) is 11.2. The van der Waals surface area contributed by atoms with Crippen molar-refractivity contribution in [3.8, 4) is 0 Å². The lowest BCUT2D eigenvalue weighted by molar-refractivity contribution is 0.0978. The first-order chi connectivity index (χ1) is 11.5. The second-order valence-corrected chi connectivity index (χ2v) is 6.87. The van der Waals surface area contributed by atoms with Gasteiger partial charge in [0, 0.05) is 15.8 Å². The molecule has 0 fully saturated rings. The molecule has 0 aliphatic rings. The van der Waals surface area contributed by atoms with Crippen molar-refractivity contribution in [2.45, 2.75) is 0 Å². The maximum Gasteiger partial charge on any atom is 0.258 e. The van der Waals surface area contributed by atoms with Crippen LogP contribution in [0.3, 0.4) is 0 Å². The molecule has 1 N–H and O–H groups in total. The van der Waals surface area contributed by atoms with E-state index in [0.29, 0.717) is 37.2 Å². The molecule has 0 unspecified atom stereocenters. The number of hydrogen-bond acceptors (Lipinski definition) is 3. The molecule has 0 spiro atoms. The first kappa shape index (κ1) is 18.9. The van der Waals surface area contributed by atoms with E-state index in [9.17, 15) is 4.79 Å². The summed E-state index contributed by atoms with van der Waals surface area (Å²) in [4.78, 5) is 16.8. The maximum absolute atomic E-state index is 12.4. The average Bonchev–Trinajstić information content (AvgIpc) is 2.52. The molecule has 2 rings (SSSR count). The van der Waals surface area contributed by atoms with Crippen LogP contribution in [0.25, 0.3) is 0 Å². The molecule has 2 aromatic carbocycles. The van der Waals surface area contributed by atoms with Crippen molar-refractivity contribution < 1.29 is 4.79 Å². The van der Waals surface area contributed by atoms with Crippen LogP contribution in [0.2, 0.25) is 15.1 Å². The van der Waals surface area contributed by atoms with Gasteiger partial charge in [-0.25, -0.2) is 4.99 Å². The Morgan fingerprint density at radius 3 is 2.46 bits per heavy atom. The Hall–Kier alpha value is -1.46. The van der Waals surface area contributed by atoms with Gasteiger partial charge < -0.3 is 5.32 Å². The number of aliphatic imine (C=N–C) groups is 1. The van der Waals surface area contributed by atoms with Gasteiger partial charge in [-0.3, -0.25) is 4.79 Å². The van der Waals surface area contributed by atoms with E-state index in [1.54, 1.807) is 48.5 Å². The van der Waals surface area contributed by atoms with E-state index in [0.717, 1.165) is 0 Å². The van der Waals surface area contributed by atoms with Gasteiger partial charge in [-0.15, -0.1) is 6.58 Å². The zero-order chi connectivity index (χ0) is 17.5. The number of benzene rings is 2. The zero-order valence-corrected chi connectivity index (χ0v) is 15.5. The molecule has 124 valence electrons. The highest BCUT2D eigenvalue weighted by Gasteiger charge is 2.12. The molecule has 7 heteroatoms. The molecule has 0 saturated carbocycles. The summed E-state index contributed by atoms with van der Waals surface area (Å²) in [6, 6.07) is 11.7. The van der Waals surface area contributed by atoms with E-state index in [1.807, 2.05) is 0 Å². The highest BCUT2D eigenvalue weighted by Crippen LogP contribution is 2.25. The quantitative estimate of drug-likeness (QED) is 0.390. The molecule has 0 heterocycles. The number of thioether (sulfide) groups is 1. The summed E-state index contributed by atoms with van der Waals surface area (Å²) in [6.45, 7) is 3.67. The minimum absolute atomic E-state index is 0.343. The lowest BCUT2D eigenvalue weighted by atomic mass is 10.2. The van der Waals surface area contributed by atoms with Gasteiger partial charge in [-0.1, -0.05) is 64.8 Å². The van der Waals surface area contributed by atoms with Crippen LogP contribution in [0.5, 0.6) is 0 Å². The third kappa shape index (κ3) is 5.56. The molecule has 1 amide bonds. The van der Waals surface area contributed by atoms with Crippen LogP contribution in [0.15, 0.2) is 60.1 Å². The number of carbonyl (C=O) groups is 1. The Labute approximate surface area is 159 Å². The predicted octanol–water partition coefficient (Wildman–Crippen LogP) is 5.98. The average molecular weight is 400 g/mol. The first-order valence-corrected chi connectivity index (χ1v) is 8.96. The molecular formula is C17H13Cl3N2OS. The number of amides is 1. The molecule has 0 radical (unpaired) electrons. The van der Waals surface area contributed by atoms with Gasteiger partial charge in [0.25, 0.3) is 5.91 Å². The molecule has 0 aromatic heterocycles. The van der Waals surface area contributed by atoms with Gasteiger partial charge in [-0.05, 0) is 30.3 Å². The summed E-state index contributed by atoms with van der Waals surface area (Å²) in [5, 5.41) is 4.45. The van der Waals surface area contributed by atoms with Crippen LogP contribution < -0.4 is 5.32 Å². The number of hydrogen-bond donors (Lipinski definition) is 1. The van der Waals surface area contributed by atoms with Gasteiger partial charge in [0.05, 0.1) is 16.3 Å². The van der Waals surface area contributed by atoms with E-state index >= 15 is 0 Å². The summed E-state index contributed by atoms with van der Waals surface area (Å²) in [6.07, 6.45) is 1.72. The number of halogens is 3. The van der Waals surface area contributed by atoms with Gasteiger partial charge >= 0.3 is 0 Å². The number of nitrogens with zero attached hydrogens (tertiary/aromatic N) is 1. The van der Waals surface area contributed by atoms with Crippen LogP contribution in [-0.2, 0) is 0 Å². The van der Waals surface area contributed by atoms with Crippen LogP contribution >= 0.6 is 46.6 Å². The van der Waals surface area contributed by atoms with Crippen LogP contribution in [0.1, 0.15) is 10.4 Å². The third-order valence-electron chi connectivity index (χ3n) is 2.75. The molecule has 0 saturated heterocycles. The Bertz CT molecular complexity index is 773. The highest BCUT2D eigenvalue weighted by molar-refractivity contribution is 8.14. The Kier molecular flexibility index (Phi) is 7.18. The van der Waals surface area contributed by atoms with Crippen molar-refractivity contribution in [2.75, 3.05) is 5.75 Å². The highest BCUT2D eigenvalue weighted by atomic mass is 35.5. The van der Waals surface area contributed by atoms with Crippen molar-refractivity contribution >= 4 is 63.3 Å². The number of amidine groups is 1. The molecule has 0 bridgehead atoms. The van der Waals surface area contributed by atoms with Crippen molar-refractivity contribution in [1.82, 2.24) is 5.32 Å². The van der Waals surface area contributed by atoms with Gasteiger partial charge in [-0.2, -0.15) is 0 Å². The van der Waals surface area contributed by atoms with Gasteiger partial charge in [0.1, 0.15) is 0 Å².